The number of rotatable bonds is 5. The van der Waals surface area contributed by atoms with Gasteiger partial charge in [0.15, 0.2) is 0 Å². The SMILES string of the molecule is Cn1cc(-c2ccc3c(N4CCN(c5ncc(CC6CCCCC6)cn5)CC4)cnn3c2)cn1. The van der Waals surface area contributed by atoms with Gasteiger partial charge in [0.05, 0.1) is 23.6 Å². The summed E-state index contributed by atoms with van der Waals surface area (Å²) in [6.07, 6.45) is 20.1. The monoisotopic (exact) mass is 456 g/mol. The molecule has 0 unspecified atom stereocenters. The number of pyridine rings is 1. The molecule has 6 rings (SSSR count). The van der Waals surface area contributed by atoms with E-state index in [-0.39, 0.29) is 0 Å². The maximum Gasteiger partial charge on any atom is 0.225 e. The van der Waals surface area contributed by atoms with Crippen LogP contribution in [-0.4, -0.2) is 55.5 Å². The van der Waals surface area contributed by atoms with Gasteiger partial charge < -0.3 is 9.80 Å². The number of anilines is 2. The Kier molecular flexibility index (Phi) is 5.65. The number of hydrogen-bond donors (Lipinski definition) is 0. The molecular formula is C26H32N8. The van der Waals surface area contributed by atoms with Crippen LogP contribution in [0.15, 0.2) is 49.3 Å². The van der Waals surface area contributed by atoms with E-state index in [2.05, 4.69) is 50.7 Å². The molecule has 8 heteroatoms. The van der Waals surface area contributed by atoms with Crippen LogP contribution >= 0.6 is 0 Å². The van der Waals surface area contributed by atoms with Crippen molar-refractivity contribution >= 4 is 17.2 Å². The molecule has 0 N–H and O–H groups in total. The maximum absolute atomic E-state index is 4.72. The van der Waals surface area contributed by atoms with Gasteiger partial charge in [-0.05, 0) is 24.0 Å². The second-order valence-electron chi connectivity index (χ2n) is 9.75. The van der Waals surface area contributed by atoms with E-state index < -0.39 is 0 Å². The van der Waals surface area contributed by atoms with Gasteiger partial charge in [-0.1, -0.05) is 38.2 Å². The fraction of sp³-hybridized carbons (Fsp3) is 0.462. The highest BCUT2D eigenvalue weighted by Crippen LogP contribution is 2.28. The molecule has 1 saturated heterocycles. The van der Waals surface area contributed by atoms with E-state index in [4.69, 9.17) is 9.97 Å². The Morgan fingerprint density at radius 1 is 0.794 bits per heavy atom. The first kappa shape index (κ1) is 21.1. The van der Waals surface area contributed by atoms with Crippen molar-refractivity contribution in [3.05, 3.63) is 54.9 Å². The average molecular weight is 457 g/mol. The van der Waals surface area contributed by atoms with Gasteiger partial charge in [-0.15, -0.1) is 0 Å². The molecule has 5 heterocycles. The molecule has 1 aliphatic heterocycles. The van der Waals surface area contributed by atoms with Crippen molar-refractivity contribution in [2.24, 2.45) is 13.0 Å². The zero-order valence-corrected chi connectivity index (χ0v) is 19.8. The van der Waals surface area contributed by atoms with Gasteiger partial charge in [0.2, 0.25) is 5.95 Å². The lowest BCUT2D eigenvalue weighted by Crippen LogP contribution is -2.47. The molecule has 2 fully saturated rings. The molecule has 0 spiro atoms. The van der Waals surface area contributed by atoms with Gasteiger partial charge in [-0.3, -0.25) is 4.68 Å². The number of fused-ring (bicyclic) bond motifs is 1. The number of hydrogen-bond acceptors (Lipinski definition) is 6. The first-order valence-electron chi connectivity index (χ1n) is 12.5. The standard InChI is InChI=1S/C26H32N8/c1-31-18-23(16-29-31)22-7-8-24-25(17-30-34(24)19-22)32-9-11-33(12-10-32)26-27-14-21(15-28-26)13-20-5-3-2-4-6-20/h7-8,14-20H,2-6,9-13H2,1H3. The molecular weight excluding hydrogens is 424 g/mol. The third-order valence-electron chi connectivity index (χ3n) is 7.38. The summed E-state index contributed by atoms with van der Waals surface area (Å²) < 4.78 is 3.79. The summed E-state index contributed by atoms with van der Waals surface area (Å²) in [5, 5.41) is 8.91. The lowest BCUT2D eigenvalue weighted by atomic mass is 9.85. The fourth-order valence-corrected chi connectivity index (χ4v) is 5.44. The highest BCUT2D eigenvalue weighted by molar-refractivity contribution is 5.75. The van der Waals surface area contributed by atoms with Crippen LogP contribution in [0.25, 0.3) is 16.6 Å². The van der Waals surface area contributed by atoms with Crippen LogP contribution in [0.3, 0.4) is 0 Å². The van der Waals surface area contributed by atoms with E-state index in [0.29, 0.717) is 0 Å². The van der Waals surface area contributed by atoms with E-state index >= 15 is 0 Å². The fourth-order valence-electron chi connectivity index (χ4n) is 5.44. The van der Waals surface area contributed by atoms with Crippen molar-refractivity contribution in [2.75, 3.05) is 36.0 Å². The number of aryl methyl sites for hydroxylation is 1. The van der Waals surface area contributed by atoms with Crippen LogP contribution in [0.5, 0.6) is 0 Å². The highest BCUT2D eigenvalue weighted by Gasteiger charge is 2.22. The molecule has 0 atom stereocenters. The van der Waals surface area contributed by atoms with Gasteiger partial charge in [-0.25, -0.2) is 14.5 Å². The van der Waals surface area contributed by atoms with Crippen LogP contribution in [0.1, 0.15) is 37.7 Å². The summed E-state index contributed by atoms with van der Waals surface area (Å²) in [6.45, 7) is 3.68. The van der Waals surface area contributed by atoms with Crippen molar-refractivity contribution in [3.63, 3.8) is 0 Å². The van der Waals surface area contributed by atoms with Crippen LogP contribution < -0.4 is 9.80 Å². The zero-order valence-electron chi connectivity index (χ0n) is 19.8. The first-order chi connectivity index (χ1) is 16.7. The Balaban J connectivity index is 1.10. The van der Waals surface area contributed by atoms with Gasteiger partial charge in [0.1, 0.15) is 0 Å². The lowest BCUT2D eigenvalue weighted by molar-refractivity contribution is 0.356. The van der Waals surface area contributed by atoms with Gasteiger partial charge in [0, 0.05) is 69.1 Å². The molecule has 176 valence electrons. The molecule has 8 nitrogen and oxygen atoms in total. The zero-order chi connectivity index (χ0) is 22.9. The predicted octanol–water partition coefficient (Wildman–Crippen LogP) is 3.97. The molecule has 4 aromatic rings. The highest BCUT2D eigenvalue weighted by atomic mass is 15.3. The third kappa shape index (κ3) is 4.24. The van der Waals surface area contributed by atoms with Crippen molar-refractivity contribution in [1.29, 1.82) is 0 Å². The number of piperazine rings is 1. The van der Waals surface area contributed by atoms with Crippen molar-refractivity contribution < 1.29 is 0 Å². The van der Waals surface area contributed by atoms with Crippen molar-refractivity contribution in [2.45, 2.75) is 38.5 Å². The summed E-state index contributed by atoms with van der Waals surface area (Å²) >= 11 is 0. The Morgan fingerprint density at radius 2 is 1.56 bits per heavy atom. The summed E-state index contributed by atoms with van der Waals surface area (Å²) in [4.78, 5) is 14.2. The molecule has 1 saturated carbocycles. The third-order valence-corrected chi connectivity index (χ3v) is 7.38. The predicted molar refractivity (Wildman–Crippen MR) is 134 cm³/mol. The quantitative estimate of drug-likeness (QED) is 0.453. The normalized spacial score (nSPS) is 17.6. The summed E-state index contributed by atoms with van der Waals surface area (Å²) in [6, 6.07) is 4.31. The Bertz CT molecular complexity index is 1240. The van der Waals surface area contributed by atoms with Gasteiger partial charge in [-0.2, -0.15) is 10.2 Å². The van der Waals surface area contributed by atoms with Crippen LogP contribution in [0.2, 0.25) is 0 Å². The number of nitrogens with zero attached hydrogens (tertiary/aromatic N) is 8. The van der Waals surface area contributed by atoms with Crippen LogP contribution in [0.4, 0.5) is 11.6 Å². The lowest BCUT2D eigenvalue weighted by Gasteiger charge is -2.35. The minimum absolute atomic E-state index is 0.818. The van der Waals surface area contributed by atoms with E-state index in [9.17, 15) is 0 Å². The number of aromatic nitrogens is 6. The van der Waals surface area contributed by atoms with Gasteiger partial charge in [0.25, 0.3) is 0 Å². The summed E-state index contributed by atoms with van der Waals surface area (Å²) in [5.41, 5.74) is 5.81. The van der Waals surface area contributed by atoms with Crippen LogP contribution in [-0.2, 0) is 13.5 Å². The summed E-state index contributed by atoms with van der Waals surface area (Å²) in [7, 11) is 1.94. The van der Waals surface area contributed by atoms with E-state index in [0.717, 1.165) is 61.1 Å². The summed E-state index contributed by atoms with van der Waals surface area (Å²) in [5.74, 6) is 1.67. The minimum Gasteiger partial charge on any atom is -0.365 e. The molecule has 34 heavy (non-hydrogen) atoms. The molecule has 4 aromatic heterocycles. The molecule has 2 aliphatic rings. The van der Waals surface area contributed by atoms with Crippen molar-refractivity contribution in [1.82, 2.24) is 29.4 Å². The van der Waals surface area contributed by atoms with Gasteiger partial charge >= 0.3 is 0 Å². The van der Waals surface area contributed by atoms with E-state index in [1.807, 2.05) is 34.8 Å². The Hall–Kier alpha value is -3.42. The first-order valence-corrected chi connectivity index (χ1v) is 12.5. The largest absolute Gasteiger partial charge is 0.365 e. The second kappa shape index (κ2) is 9.08. The molecule has 0 aromatic carbocycles. The molecule has 1 aliphatic carbocycles. The second-order valence-corrected chi connectivity index (χ2v) is 9.75. The Morgan fingerprint density at radius 3 is 2.29 bits per heavy atom. The van der Waals surface area contributed by atoms with Crippen LogP contribution in [0, 0.1) is 5.92 Å². The average Bonchev–Trinajstić information content (AvgIpc) is 3.51. The smallest absolute Gasteiger partial charge is 0.225 e. The van der Waals surface area contributed by atoms with Crippen molar-refractivity contribution in [3.8, 4) is 11.1 Å². The molecule has 0 amide bonds. The topological polar surface area (TPSA) is 67.4 Å². The molecule has 0 radical (unpaired) electrons. The van der Waals surface area contributed by atoms with E-state index in [1.165, 1.54) is 43.4 Å². The Labute approximate surface area is 200 Å². The van der Waals surface area contributed by atoms with E-state index in [1.54, 1.807) is 0 Å². The molecule has 0 bridgehead atoms. The maximum atomic E-state index is 4.72. The minimum atomic E-state index is 0.818.